The summed E-state index contributed by atoms with van der Waals surface area (Å²) < 4.78 is 1.10. The second kappa shape index (κ2) is 7.81. The summed E-state index contributed by atoms with van der Waals surface area (Å²) in [5.41, 5.74) is 8.09. The highest BCUT2D eigenvalue weighted by Gasteiger charge is 2.19. The highest BCUT2D eigenvalue weighted by molar-refractivity contribution is 7.22. The summed E-state index contributed by atoms with van der Waals surface area (Å²) in [5.74, 6) is -1.61. The number of hydrogen-bond acceptors (Lipinski definition) is 7. The highest BCUT2D eigenvalue weighted by Crippen LogP contribution is 2.30. The first-order valence-electron chi connectivity index (χ1n) is 9.83. The Bertz CT molecular complexity index is 1310. The number of nitrogens with zero attached hydrogens (tertiary/aromatic N) is 3. The predicted molar refractivity (Wildman–Crippen MR) is 121 cm³/mol. The number of hydrogen-bond donors (Lipinski definition) is 3. The van der Waals surface area contributed by atoms with Gasteiger partial charge in [0.25, 0.3) is 0 Å². The third-order valence-corrected chi connectivity index (χ3v) is 6.17. The van der Waals surface area contributed by atoms with E-state index in [0.29, 0.717) is 5.69 Å². The van der Waals surface area contributed by atoms with Gasteiger partial charge in [0, 0.05) is 11.1 Å². The van der Waals surface area contributed by atoms with Crippen molar-refractivity contribution in [3.8, 4) is 17.0 Å². The Labute approximate surface area is 181 Å². The van der Waals surface area contributed by atoms with Crippen molar-refractivity contribution in [3.63, 3.8) is 0 Å². The average molecular weight is 430 g/mol. The third-order valence-electron chi connectivity index (χ3n) is 5.23. The molecule has 8 heteroatoms. The maximum Gasteiger partial charge on any atom is 0.358 e. The van der Waals surface area contributed by atoms with Crippen LogP contribution in [0.15, 0.2) is 59.7 Å². The fourth-order valence-corrected chi connectivity index (χ4v) is 4.53. The van der Waals surface area contributed by atoms with Gasteiger partial charge < -0.3 is 10.2 Å². The van der Waals surface area contributed by atoms with E-state index in [0.717, 1.165) is 51.4 Å². The standard InChI is InChI=1S/C23H18N4O3S/c28-19-11-10-16(24-21(19)22(29)30)14-9-8-13-4-3-6-17(15(13)12-14)26-27-23-25-18-5-1-2-7-20(18)31-23/h1-2,5,7-12,28H,3-4,6H2,(H,25,27)(H,29,30). The lowest BCUT2D eigenvalue weighted by atomic mass is 9.88. The molecule has 4 aromatic rings. The van der Waals surface area contributed by atoms with Crippen molar-refractivity contribution in [1.29, 1.82) is 0 Å². The lowest BCUT2D eigenvalue weighted by Crippen LogP contribution is -2.14. The van der Waals surface area contributed by atoms with Crippen LogP contribution in [0.5, 0.6) is 5.75 Å². The van der Waals surface area contributed by atoms with Crippen molar-refractivity contribution in [1.82, 2.24) is 9.97 Å². The van der Waals surface area contributed by atoms with Crippen LogP contribution in [0.3, 0.4) is 0 Å². The molecule has 0 amide bonds. The number of para-hydroxylation sites is 1. The first-order chi connectivity index (χ1) is 15.1. The van der Waals surface area contributed by atoms with Gasteiger partial charge in [0.05, 0.1) is 21.6 Å². The fourth-order valence-electron chi connectivity index (χ4n) is 3.72. The number of pyridine rings is 1. The molecule has 5 rings (SSSR count). The van der Waals surface area contributed by atoms with Crippen LogP contribution in [-0.2, 0) is 6.42 Å². The van der Waals surface area contributed by atoms with Gasteiger partial charge in [-0.25, -0.2) is 14.8 Å². The molecule has 3 N–H and O–H groups in total. The second-order valence-electron chi connectivity index (χ2n) is 7.25. The number of aromatic hydroxyl groups is 1. The molecule has 7 nitrogen and oxygen atoms in total. The largest absolute Gasteiger partial charge is 0.505 e. The summed E-state index contributed by atoms with van der Waals surface area (Å²) in [4.78, 5) is 20.0. The van der Waals surface area contributed by atoms with E-state index in [4.69, 9.17) is 0 Å². The highest BCUT2D eigenvalue weighted by atomic mass is 32.1. The van der Waals surface area contributed by atoms with Gasteiger partial charge in [0.1, 0.15) is 5.75 Å². The molecule has 31 heavy (non-hydrogen) atoms. The predicted octanol–water partition coefficient (Wildman–Crippen LogP) is 4.91. The zero-order valence-corrected chi connectivity index (χ0v) is 17.2. The zero-order chi connectivity index (χ0) is 21.4. The number of aryl methyl sites for hydroxylation is 1. The van der Waals surface area contributed by atoms with Crippen molar-refractivity contribution in [3.05, 3.63) is 71.4 Å². The molecule has 2 aromatic carbocycles. The lowest BCUT2D eigenvalue weighted by molar-refractivity contribution is 0.0687. The number of carboxylic acid groups (broad SMARTS) is 1. The van der Waals surface area contributed by atoms with E-state index < -0.39 is 5.97 Å². The SMILES string of the molecule is O=C(O)c1nc(-c2ccc3c(c2)C(=NNc2nc4ccccc4s2)CCC3)ccc1O. The number of thiazole rings is 1. The summed E-state index contributed by atoms with van der Waals surface area (Å²) >= 11 is 1.55. The van der Waals surface area contributed by atoms with Crippen molar-refractivity contribution in [2.24, 2.45) is 5.10 Å². The minimum absolute atomic E-state index is 0.350. The lowest BCUT2D eigenvalue weighted by Gasteiger charge is -2.19. The van der Waals surface area contributed by atoms with E-state index in [1.54, 1.807) is 17.4 Å². The molecule has 0 bridgehead atoms. The quantitative estimate of drug-likeness (QED) is 0.397. The van der Waals surface area contributed by atoms with Crippen molar-refractivity contribution in [2.45, 2.75) is 19.3 Å². The molecule has 154 valence electrons. The number of aromatic carboxylic acids is 1. The van der Waals surface area contributed by atoms with E-state index in [9.17, 15) is 15.0 Å². The van der Waals surface area contributed by atoms with Gasteiger partial charge in [-0.1, -0.05) is 35.6 Å². The van der Waals surface area contributed by atoms with Crippen LogP contribution in [0.1, 0.15) is 34.5 Å². The first kappa shape index (κ1) is 19.2. The number of carbonyl (C=O) groups is 1. The molecule has 0 unspecified atom stereocenters. The van der Waals surface area contributed by atoms with Crippen molar-refractivity contribution < 1.29 is 15.0 Å². The number of nitrogens with one attached hydrogen (secondary N) is 1. The molecule has 0 fully saturated rings. The number of anilines is 1. The van der Waals surface area contributed by atoms with E-state index in [1.165, 1.54) is 11.6 Å². The number of fused-ring (bicyclic) bond motifs is 2. The smallest absolute Gasteiger partial charge is 0.358 e. The van der Waals surface area contributed by atoms with E-state index >= 15 is 0 Å². The first-order valence-corrected chi connectivity index (χ1v) is 10.7. The molecular formula is C23H18N4O3S. The zero-order valence-electron chi connectivity index (χ0n) is 16.4. The summed E-state index contributed by atoms with van der Waals surface area (Å²) in [6.07, 6.45) is 2.80. The van der Waals surface area contributed by atoms with Gasteiger partial charge in [-0.15, -0.1) is 0 Å². The van der Waals surface area contributed by atoms with E-state index in [2.05, 4.69) is 20.5 Å². The Hall–Kier alpha value is -3.78. The van der Waals surface area contributed by atoms with Gasteiger partial charge >= 0.3 is 5.97 Å². The topological polar surface area (TPSA) is 108 Å². The maximum atomic E-state index is 11.3. The molecule has 1 aliphatic rings. The van der Waals surface area contributed by atoms with Gasteiger partial charge in [0.2, 0.25) is 5.13 Å². The molecule has 0 radical (unpaired) electrons. The Morgan fingerprint density at radius 1 is 1.06 bits per heavy atom. The van der Waals surface area contributed by atoms with Crippen LogP contribution in [0.4, 0.5) is 5.13 Å². The number of hydrazone groups is 1. The van der Waals surface area contributed by atoms with Crippen LogP contribution < -0.4 is 5.43 Å². The maximum absolute atomic E-state index is 11.3. The number of benzene rings is 2. The summed E-state index contributed by atoms with van der Waals surface area (Å²) in [7, 11) is 0. The molecule has 0 saturated carbocycles. The summed E-state index contributed by atoms with van der Waals surface area (Å²) in [5, 5.41) is 24.4. The summed E-state index contributed by atoms with van der Waals surface area (Å²) in [6, 6.07) is 16.9. The molecule has 1 aliphatic carbocycles. The van der Waals surface area contributed by atoms with E-state index in [1.807, 2.05) is 42.5 Å². The Morgan fingerprint density at radius 3 is 2.77 bits per heavy atom. The monoisotopic (exact) mass is 430 g/mol. The normalized spacial score (nSPS) is 14.5. The van der Waals surface area contributed by atoms with Gasteiger partial charge in [-0.05, 0) is 55.2 Å². The van der Waals surface area contributed by atoms with Crippen LogP contribution in [0.25, 0.3) is 21.5 Å². The Balaban J connectivity index is 1.49. The molecular weight excluding hydrogens is 412 g/mol. The molecule has 2 aromatic heterocycles. The van der Waals surface area contributed by atoms with Gasteiger partial charge in [0.15, 0.2) is 5.69 Å². The molecule has 0 atom stereocenters. The summed E-state index contributed by atoms with van der Waals surface area (Å²) in [6.45, 7) is 0. The minimum Gasteiger partial charge on any atom is -0.505 e. The average Bonchev–Trinajstić information content (AvgIpc) is 3.20. The fraction of sp³-hybridized carbons (Fsp3) is 0.130. The minimum atomic E-state index is -1.26. The van der Waals surface area contributed by atoms with Crippen LogP contribution in [0.2, 0.25) is 0 Å². The van der Waals surface area contributed by atoms with Gasteiger partial charge in [-0.2, -0.15) is 5.10 Å². The Morgan fingerprint density at radius 2 is 1.94 bits per heavy atom. The molecule has 0 spiro atoms. The van der Waals surface area contributed by atoms with Crippen molar-refractivity contribution in [2.75, 3.05) is 5.43 Å². The second-order valence-corrected chi connectivity index (χ2v) is 8.28. The molecule has 0 saturated heterocycles. The molecule has 0 aliphatic heterocycles. The molecule has 2 heterocycles. The third kappa shape index (κ3) is 3.73. The Kier molecular flexibility index (Phi) is 4.83. The van der Waals surface area contributed by atoms with Crippen LogP contribution >= 0.6 is 11.3 Å². The van der Waals surface area contributed by atoms with Crippen LogP contribution in [0, 0.1) is 0 Å². The van der Waals surface area contributed by atoms with E-state index in [-0.39, 0.29) is 11.4 Å². The number of aromatic nitrogens is 2. The number of carboxylic acids is 1. The van der Waals surface area contributed by atoms with Crippen LogP contribution in [-0.4, -0.2) is 31.9 Å². The van der Waals surface area contributed by atoms with Crippen molar-refractivity contribution >= 4 is 38.4 Å². The van der Waals surface area contributed by atoms with Gasteiger partial charge in [-0.3, -0.25) is 5.43 Å². The number of rotatable bonds is 4.